The maximum absolute atomic E-state index is 12.3. The third-order valence-electron chi connectivity index (χ3n) is 3.33. The number of hydrogen-bond donors (Lipinski definition) is 2. The molecule has 0 aliphatic carbocycles. The maximum Gasteiger partial charge on any atom is 0.260 e. The van der Waals surface area contributed by atoms with Gasteiger partial charge >= 0.3 is 0 Å². The molecule has 0 fully saturated rings. The molecule has 0 saturated heterocycles. The van der Waals surface area contributed by atoms with E-state index in [1.54, 1.807) is 42.5 Å². The molecule has 1 aromatic heterocycles. The third-order valence-corrected chi connectivity index (χ3v) is 3.56. The number of H-pyrrole nitrogens is 1. The van der Waals surface area contributed by atoms with E-state index in [0.717, 1.165) is 0 Å². The van der Waals surface area contributed by atoms with Crippen LogP contribution in [-0.4, -0.2) is 17.2 Å². The smallest absolute Gasteiger partial charge is 0.260 e. The van der Waals surface area contributed by atoms with Crippen molar-refractivity contribution in [3.05, 3.63) is 57.8 Å². The fraction of sp³-hybridized carbons (Fsp3) is 0.0625. The number of aromatic nitrogens is 1. The SMILES string of the molecule is COc1ccccc1-c1c(O)c2cc(Cl)ccc2[nH]c1=O. The van der Waals surface area contributed by atoms with Gasteiger partial charge in [0.1, 0.15) is 11.5 Å². The lowest BCUT2D eigenvalue weighted by Crippen LogP contribution is -2.10. The predicted octanol–water partition coefficient (Wildman–Crippen LogP) is 3.56. The van der Waals surface area contributed by atoms with Gasteiger partial charge in [-0.1, -0.05) is 29.8 Å². The zero-order chi connectivity index (χ0) is 15.0. The highest BCUT2D eigenvalue weighted by Crippen LogP contribution is 2.37. The molecule has 5 heteroatoms. The minimum Gasteiger partial charge on any atom is -0.506 e. The number of benzene rings is 2. The van der Waals surface area contributed by atoms with Crippen molar-refractivity contribution in [1.29, 1.82) is 0 Å². The van der Waals surface area contributed by atoms with E-state index < -0.39 is 0 Å². The number of rotatable bonds is 2. The maximum atomic E-state index is 12.3. The molecule has 0 amide bonds. The lowest BCUT2D eigenvalue weighted by atomic mass is 10.0. The minimum absolute atomic E-state index is 0.110. The molecule has 0 spiro atoms. The second kappa shape index (κ2) is 5.14. The van der Waals surface area contributed by atoms with Crippen LogP contribution in [0.25, 0.3) is 22.0 Å². The summed E-state index contributed by atoms with van der Waals surface area (Å²) >= 11 is 5.96. The molecular formula is C16H12ClNO3. The molecule has 0 atom stereocenters. The van der Waals surface area contributed by atoms with E-state index in [4.69, 9.17) is 16.3 Å². The van der Waals surface area contributed by atoms with Gasteiger partial charge in [-0.2, -0.15) is 0 Å². The van der Waals surface area contributed by atoms with E-state index in [9.17, 15) is 9.90 Å². The molecular weight excluding hydrogens is 290 g/mol. The van der Waals surface area contributed by atoms with Gasteiger partial charge in [-0.15, -0.1) is 0 Å². The molecule has 3 rings (SSSR count). The fourth-order valence-corrected chi connectivity index (χ4v) is 2.52. The topological polar surface area (TPSA) is 62.3 Å². The monoisotopic (exact) mass is 301 g/mol. The second-order valence-electron chi connectivity index (χ2n) is 4.57. The standard InChI is InChI=1S/C16H12ClNO3/c1-21-13-5-3-2-4-10(13)14-15(19)11-8-9(17)6-7-12(11)18-16(14)20/h2-8H,1H3,(H2,18,19,20). The molecule has 21 heavy (non-hydrogen) atoms. The lowest BCUT2D eigenvalue weighted by Gasteiger charge is -2.11. The highest BCUT2D eigenvalue weighted by atomic mass is 35.5. The first-order valence-electron chi connectivity index (χ1n) is 6.29. The van der Waals surface area contributed by atoms with Crippen molar-refractivity contribution in [1.82, 2.24) is 4.98 Å². The first-order valence-corrected chi connectivity index (χ1v) is 6.67. The average Bonchev–Trinajstić information content (AvgIpc) is 2.49. The lowest BCUT2D eigenvalue weighted by molar-refractivity contribution is 0.415. The summed E-state index contributed by atoms with van der Waals surface area (Å²) in [6.45, 7) is 0. The van der Waals surface area contributed by atoms with Crippen molar-refractivity contribution >= 4 is 22.5 Å². The molecule has 0 saturated carbocycles. The molecule has 2 aromatic carbocycles. The Morgan fingerprint density at radius 3 is 2.71 bits per heavy atom. The van der Waals surface area contributed by atoms with Gasteiger partial charge in [0.05, 0.1) is 18.2 Å². The van der Waals surface area contributed by atoms with E-state index >= 15 is 0 Å². The number of nitrogens with one attached hydrogen (secondary N) is 1. The van der Waals surface area contributed by atoms with Gasteiger partial charge in [0.2, 0.25) is 0 Å². The Morgan fingerprint density at radius 2 is 1.95 bits per heavy atom. The highest BCUT2D eigenvalue weighted by Gasteiger charge is 2.17. The Bertz CT molecular complexity index is 886. The molecule has 0 radical (unpaired) electrons. The number of ether oxygens (including phenoxy) is 1. The molecule has 0 aliphatic rings. The normalized spacial score (nSPS) is 10.8. The van der Waals surface area contributed by atoms with Crippen LogP contribution in [0.15, 0.2) is 47.3 Å². The van der Waals surface area contributed by atoms with Gasteiger partial charge in [-0.05, 0) is 24.3 Å². The van der Waals surface area contributed by atoms with Gasteiger partial charge in [0, 0.05) is 16.0 Å². The van der Waals surface area contributed by atoms with E-state index in [1.807, 2.05) is 0 Å². The Balaban J connectivity index is 2.40. The van der Waals surface area contributed by atoms with Crippen LogP contribution in [0.5, 0.6) is 11.5 Å². The Labute approximate surface area is 125 Å². The summed E-state index contributed by atoms with van der Waals surface area (Å²) in [5.41, 5.74) is 0.843. The molecule has 0 unspecified atom stereocenters. The van der Waals surface area contributed by atoms with Crippen molar-refractivity contribution in [3.63, 3.8) is 0 Å². The van der Waals surface area contributed by atoms with E-state index in [2.05, 4.69) is 4.98 Å². The Kier molecular flexibility index (Phi) is 3.31. The summed E-state index contributed by atoms with van der Waals surface area (Å²) in [5, 5.41) is 11.5. The molecule has 4 nitrogen and oxygen atoms in total. The quantitative estimate of drug-likeness (QED) is 0.760. The largest absolute Gasteiger partial charge is 0.506 e. The van der Waals surface area contributed by atoms with Gasteiger partial charge in [-0.3, -0.25) is 4.79 Å². The molecule has 0 aliphatic heterocycles. The van der Waals surface area contributed by atoms with Crippen LogP contribution >= 0.6 is 11.6 Å². The molecule has 106 valence electrons. The van der Waals surface area contributed by atoms with E-state index in [-0.39, 0.29) is 16.9 Å². The van der Waals surface area contributed by atoms with E-state index in [0.29, 0.717) is 27.2 Å². The average molecular weight is 302 g/mol. The summed E-state index contributed by atoms with van der Waals surface area (Å²) < 4.78 is 5.26. The van der Waals surface area contributed by atoms with Gasteiger partial charge in [-0.25, -0.2) is 0 Å². The Morgan fingerprint density at radius 1 is 1.19 bits per heavy atom. The molecule has 0 bridgehead atoms. The van der Waals surface area contributed by atoms with E-state index in [1.165, 1.54) is 7.11 Å². The van der Waals surface area contributed by atoms with Crippen molar-refractivity contribution in [2.45, 2.75) is 0 Å². The van der Waals surface area contributed by atoms with Crippen LogP contribution in [0.4, 0.5) is 0 Å². The minimum atomic E-state index is -0.383. The van der Waals surface area contributed by atoms with Gasteiger partial charge in [0.25, 0.3) is 5.56 Å². The zero-order valence-electron chi connectivity index (χ0n) is 11.2. The number of aromatic hydroxyl groups is 1. The van der Waals surface area contributed by atoms with Crippen LogP contribution in [0.1, 0.15) is 0 Å². The first kappa shape index (κ1) is 13.5. The second-order valence-corrected chi connectivity index (χ2v) is 5.00. The van der Waals surface area contributed by atoms with Gasteiger partial charge in [0.15, 0.2) is 0 Å². The van der Waals surface area contributed by atoms with Crippen molar-refractivity contribution in [2.75, 3.05) is 7.11 Å². The molecule has 2 N–H and O–H groups in total. The Hall–Kier alpha value is -2.46. The predicted molar refractivity (Wildman–Crippen MR) is 83.2 cm³/mol. The number of para-hydroxylation sites is 1. The molecule has 3 aromatic rings. The fourth-order valence-electron chi connectivity index (χ4n) is 2.35. The first-order chi connectivity index (χ1) is 10.1. The number of pyridine rings is 1. The summed E-state index contributed by atoms with van der Waals surface area (Å²) in [7, 11) is 1.52. The third kappa shape index (κ3) is 2.23. The summed E-state index contributed by atoms with van der Waals surface area (Å²) in [5.74, 6) is 0.403. The van der Waals surface area contributed by atoms with Crippen LogP contribution in [0, 0.1) is 0 Å². The summed E-state index contributed by atoms with van der Waals surface area (Å²) in [6.07, 6.45) is 0. The van der Waals surface area contributed by atoms with Crippen LogP contribution in [-0.2, 0) is 0 Å². The number of methoxy groups -OCH3 is 1. The number of hydrogen-bond acceptors (Lipinski definition) is 3. The van der Waals surface area contributed by atoms with Gasteiger partial charge < -0.3 is 14.8 Å². The number of halogens is 1. The molecule has 1 heterocycles. The number of fused-ring (bicyclic) bond motifs is 1. The zero-order valence-corrected chi connectivity index (χ0v) is 11.9. The van der Waals surface area contributed by atoms with Crippen LogP contribution in [0.3, 0.4) is 0 Å². The highest BCUT2D eigenvalue weighted by molar-refractivity contribution is 6.31. The van der Waals surface area contributed by atoms with Crippen LogP contribution < -0.4 is 10.3 Å². The van der Waals surface area contributed by atoms with Crippen molar-refractivity contribution in [3.8, 4) is 22.6 Å². The van der Waals surface area contributed by atoms with Crippen LogP contribution in [0.2, 0.25) is 5.02 Å². The number of aromatic amines is 1. The summed E-state index contributed by atoms with van der Waals surface area (Å²) in [6, 6.07) is 12.0. The van der Waals surface area contributed by atoms with Crippen molar-refractivity contribution in [2.24, 2.45) is 0 Å². The summed E-state index contributed by atoms with van der Waals surface area (Å²) in [4.78, 5) is 15.0. The van der Waals surface area contributed by atoms with Crippen molar-refractivity contribution < 1.29 is 9.84 Å².